The van der Waals surface area contributed by atoms with Crippen LogP contribution in [0.3, 0.4) is 0 Å². The molecule has 0 spiro atoms. The normalized spacial score (nSPS) is 22.3. The van der Waals surface area contributed by atoms with Crippen LogP contribution in [0, 0.1) is 17.0 Å². The molecule has 3 aromatic rings. The van der Waals surface area contributed by atoms with Gasteiger partial charge in [0.1, 0.15) is 11.6 Å². The molecule has 0 unspecified atom stereocenters. The molecule has 6 nitrogen and oxygen atoms in total. The van der Waals surface area contributed by atoms with E-state index in [1.807, 2.05) is 0 Å². The van der Waals surface area contributed by atoms with Crippen molar-refractivity contribution in [2.75, 3.05) is 13.2 Å². The summed E-state index contributed by atoms with van der Waals surface area (Å²) in [5.41, 5.74) is 2.00. The van der Waals surface area contributed by atoms with Crippen LogP contribution in [0.4, 0.5) is 8.78 Å². The molecule has 0 aliphatic heterocycles. The standard InChI is InChI=1S/C25H24F2N4O2/c1-24(2)16-6-8-25(24,20-12-14(7-9-28-20)23(33)29-10-11-32)22-15(16)13-19(30-31-22)21-17(26)4-3-5-18(21)27/h3-5,7,9,12-13,16,32H,6,8,10-11H2,1-2H3,(H,29,33)/t16-,25-/m0/s1. The second-order valence-electron chi connectivity index (χ2n) is 9.26. The third-order valence-corrected chi connectivity index (χ3v) is 7.46. The minimum absolute atomic E-state index is 0.116. The molecule has 2 atom stereocenters. The molecule has 1 amide bonds. The maximum absolute atomic E-state index is 14.4. The lowest BCUT2D eigenvalue weighted by Gasteiger charge is -2.37. The molecule has 1 fully saturated rings. The number of amides is 1. The van der Waals surface area contributed by atoms with Gasteiger partial charge in [0, 0.05) is 18.3 Å². The number of benzene rings is 1. The first-order chi connectivity index (χ1) is 15.8. The summed E-state index contributed by atoms with van der Waals surface area (Å²) >= 11 is 0. The van der Waals surface area contributed by atoms with Crippen LogP contribution >= 0.6 is 0 Å². The molecule has 2 aliphatic rings. The second kappa shape index (κ2) is 7.66. The van der Waals surface area contributed by atoms with Gasteiger partial charge in [-0.3, -0.25) is 9.78 Å². The summed E-state index contributed by atoms with van der Waals surface area (Å²) in [5.74, 6) is -1.52. The van der Waals surface area contributed by atoms with E-state index >= 15 is 0 Å². The lowest BCUT2D eigenvalue weighted by molar-refractivity contribution is 0.0944. The molecule has 0 saturated heterocycles. The van der Waals surface area contributed by atoms with Gasteiger partial charge in [0.05, 0.1) is 34.7 Å². The van der Waals surface area contributed by atoms with Gasteiger partial charge < -0.3 is 10.4 Å². The lowest BCUT2D eigenvalue weighted by Crippen LogP contribution is -2.38. The van der Waals surface area contributed by atoms with Crippen molar-refractivity contribution >= 4 is 5.91 Å². The van der Waals surface area contributed by atoms with Crippen molar-refractivity contribution in [2.24, 2.45) is 5.41 Å². The van der Waals surface area contributed by atoms with E-state index in [9.17, 15) is 13.6 Å². The third kappa shape index (κ3) is 3.00. The van der Waals surface area contributed by atoms with E-state index < -0.39 is 17.0 Å². The van der Waals surface area contributed by atoms with Crippen LogP contribution in [0.5, 0.6) is 0 Å². The number of aliphatic hydroxyl groups excluding tert-OH is 1. The maximum Gasteiger partial charge on any atom is 0.251 e. The predicted octanol–water partition coefficient (Wildman–Crippen LogP) is 3.74. The number of pyridine rings is 1. The van der Waals surface area contributed by atoms with Crippen LogP contribution in [0.2, 0.25) is 0 Å². The van der Waals surface area contributed by atoms with Crippen molar-refractivity contribution in [3.63, 3.8) is 0 Å². The molecule has 2 aliphatic carbocycles. The highest BCUT2D eigenvalue weighted by Crippen LogP contribution is 2.69. The first kappa shape index (κ1) is 21.6. The Morgan fingerprint density at radius 3 is 2.67 bits per heavy atom. The zero-order chi connectivity index (χ0) is 23.4. The van der Waals surface area contributed by atoms with E-state index in [0.29, 0.717) is 5.56 Å². The van der Waals surface area contributed by atoms with Crippen molar-refractivity contribution in [3.8, 4) is 11.3 Å². The number of hydrogen-bond donors (Lipinski definition) is 2. The number of rotatable bonds is 5. The Morgan fingerprint density at radius 1 is 1.18 bits per heavy atom. The number of nitrogens with zero attached hydrogens (tertiary/aromatic N) is 3. The monoisotopic (exact) mass is 450 g/mol. The molecular formula is C25H24F2N4O2. The fourth-order valence-corrected chi connectivity index (χ4v) is 5.83. The summed E-state index contributed by atoms with van der Waals surface area (Å²) in [6.07, 6.45) is 3.26. The molecule has 0 radical (unpaired) electrons. The molecule has 2 heterocycles. The second-order valence-corrected chi connectivity index (χ2v) is 9.26. The number of carbonyl (C=O) groups excluding carboxylic acids is 1. The number of carbonyl (C=O) groups is 1. The Balaban J connectivity index is 1.63. The van der Waals surface area contributed by atoms with Crippen LogP contribution in [0.1, 0.15) is 59.9 Å². The van der Waals surface area contributed by atoms with E-state index in [-0.39, 0.29) is 41.6 Å². The Kier molecular flexibility index (Phi) is 5.01. The Bertz CT molecular complexity index is 1240. The van der Waals surface area contributed by atoms with Gasteiger partial charge in [0.15, 0.2) is 0 Å². The summed E-state index contributed by atoms with van der Waals surface area (Å²) in [7, 11) is 0. The zero-order valence-electron chi connectivity index (χ0n) is 18.4. The summed E-state index contributed by atoms with van der Waals surface area (Å²) < 4.78 is 28.8. The quantitative estimate of drug-likeness (QED) is 0.618. The largest absolute Gasteiger partial charge is 0.395 e. The maximum atomic E-state index is 14.4. The van der Waals surface area contributed by atoms with Crippen molar-refractivity contribution in [1.29, 1.82) is 0 Å². The van der Waals surface area contributed by atoms with E-state index in [0.717, 1.165) is 29.8 Å². The van der Waals surface area contributed by atoms with Gasteiger partial charge in [0.2, 0.25) is 0 Å². The van der Waals surface area contributed by atoms with Gasteiger partial charge in [-0.05, 0) is 60.1 Å². The van der Waals surface area contributed by atoms with E-state index in [1.54, 1.807) is 24.4 Å². The predicted molar refractivity (Wildman–Crippen MR) is 118 cm³/mol. The topological polar surface area (TPSA) is 88.0 Å². The van der Waals surface area contributed by atoms with E-state index in [1.165, 1.54) is 18.2 Å². The molecule has 33 heavy (non-hydrogen) atoms. The van der Waals surface area contributed by atoms with Gasteiger partial charge in [0.25, 0.3) is 5.91 Å². The first-order valence-corrected chi connectivity index (χ1v) is 11.0. The number of halogens is 2. The minimum atomic E-state index is -0.676. The molecular weight excluding hydrogens is 426 g/mol. The highest BCUT2D eigenvalue weighted by atomic mass is 19.1. The number of fused-ring (bicyclic) bond motifs is 5. The van der Waals surface area contributed by atoms with E-state index in [4.69, 9.17) is 5.11 Å². The SMILES string of the molecule is CC1(C)[C@H]2CC[C@]1(c1cc(C(=O)NCCO)ccn1)c1nnc(-c3c(F)cccc3F)cc12. The fourth-order valence-electron chi connectivity index (χ4n) is 5.83. The molecule has 2 N–H and O–H groups in total. The van der Waals surface area contributed by atoms with Gasteiger partial charge in [-0.25, -0.2) is 8.78 Å². The van der Waals surface area contributed by atoms with Gasteiger partial charge >= 0.3 is 0 Å². The molecule has 2 bridgehead atoms. The molecule has 2 aromatic heterocycles. The van der Waals surface area contributed by atoms with E-state index in [2.05, 4.69) is 34.3 Å². The lowest BCUT2D eigenvalue weighted by atomic mass is 9.66. The minimum Gasteiger partial charge on any atom is -0.395 e. The molecule has 170 valence electrons. The highest BCUT2D eigenvalue weighted by molar-refractivity contribution is 5.94. The zero-order valence-corrected chi connectivity index (χ0v) is 18.4. The number of nitrogens with one attached hydrogen (secondary N) is 1. The van der Waals surface area contributed by atoms with Crippen LogP contribution in [-0.2, 0) is 5.41 Å². The van der Waals surface area contributed by atoms with Crippen molar-refractivity contribution < 1.29 is 18.7 Å². The number of aliphatic hydroxyl groups is 1. The Labute approximate surface area is 190 Å². The van der Waals surface area contributed by atoms with Crippen LogP contribution in [0.15, 0.2) is 42.6 Å². The Hall–Kier alpha value is -3.26. The molecule has 1 saturated carbocycles. The van der Waals surface area contributed by atoms with Crippen LogP contribution < -0.4 is 5.32 Å². The van der Waals surface area contributed by atoms with Gasteiger partial charge in [-0.1, -0.05) is 19.9 Å². The van der Waals surface area contributed by atoms with Gasteiger partial charge in [-0.2, -0.15) is 5.10 Å². The van der Waals surface area contributed by atoms with Crippen molar-refractivity contribution in [2.45, 2.75) is 38.0 Å². The number of hydrogen-bond acceptors (Lipinski definition) is 5. The van der Waals surface area contributed by atoms with Crippen LogP contribution in [-0.4, -0.2) is 39.3 Å². The smallest absolute Gasteiger partial charge is 0.251 e. The summed E-state index contributed by atoms with van der Waals surface area (Å²) in [6.45, 7) is 4.32. The van der Waals surface area contributed by atoms with Crippen LogP contribution in [0.25, 0.3) is 11.3 Å². The highest BCUT2D eigenvalue weighted by Gasteiger charge is 2.65. The summed E-state index contributed by atoms with van der Waals surface area (Å²) in [5, 5.41) is 20.4. The Morgan fingerprint density at radius 2 is 1.94 bits per heavy atom. The molecule has 5 rings (SSSR count). The van der Waals surface area contributed by atoms with Crippen molar-refractivity contribution in [1.82, 2.24) is 20.5 Å². The van der Waals surface area contributed by atoms with Gasteiger partial charge in [-0.15, -0.1) is 5.10 Å². The summed E-state index contributed by atoms with van der Waals surface area (Å²) in [6, 6.07) is 8.92. The average Bonchev–Trinajstić information content (AvgIpc) is 3.18. The molecule has 8 heteroatoms. The third-order valence-electron chi connectivity index (χ3n) is 7.46. The summed E-state index contributed by atoms with van der Waals surface area (Å²) in [4.78, 5) is 17.1. The number of aromatic nitrogens is 3. The average molecular weight is 450 g/mol. The molecule has 1 aromatic carbocycles. The first-order valence-electron chi connectivity index (χ1n) is 11.0. The van der Waals surface area contributed by atoms with Crippen molar-refractivity contribution in [3.05, 3.63) is 76.7 Å². The fraction of sp³-hybridized carbons (Fsp3) is 0.360.